The van der Waals surface area contributed by atoms with Crippen LogP contribution in [0.2, 0.25) is 5.02 Å². The van der Waals surface area contributed by atoms with Gasteiger partial charge in [0.05, 0.1) is 10.9 Å². The maximum Gasteiger partial charge on any atom is 0.246 e. The Bertz CT molecular complexity index is 690. The molecule has 2 aromatic rings. The predicted octanol–water partition coefficient (Wildman–Crippen LogP) is 4.32. The van der Waals surface area contributed by atoms with E-state index < -0.39 is 0 Å². The van der Waals surface area contributed by atoms with Crippen molar-refractivity contribution >= 4 is 51.5 Å². The van der Waals surface area contributed by atoms with Gasteiger partial charge in [0.15, 0.2) is 0 Å². The number of thioether (sulfide) groups is 1. The van der Waals surface area contributed by atoms with E-state index >= 15 is 0 Å². The van der Waals surface area contributed by atoms with E-state index in [9.17, 15) is 4.79 Å². The molecule has 5 heteroatoms. The zero-order chi connectivity index (χ0) is 14.8. The van der Waals surface area contributed by atoms with Gasteiger partial charge in [0.25, 0.3) is 0 Å². The summed E-state index contributed by atoms with van der Waals surface area (Å²) in [6.45, 7) is 0. The number of carbonyl (C=O) groups excluding carboxylic acids is 1. The predicted molar refractivity (Wildman–Crippen MR) is 93.1 cm³/mol. The van der Waals surface area contributed by atoms with Crippen LogP contribution in [0.3, 0.4) is 0 Å². The molecule has 1 aliphatic rings. The summed E-state index contributed by atoms with van der Waals surface area (Å²) < 4.78 is 0.600. The van der Waals surface area contributed by atoms with Gasteiger partial charge in [-0.15, -0.1) is 0 Å². The van der Waals surface area contributed by atoms with Crippen molar-refractivity contribution in [3.05, 3.63) is 65.2 Å². The molecule has 0 aromatic heterocycles. The second-order valence-corrected chi connectivity index (χ2v) is 6.92. The molecule has 1 saturated heterocycles. The molecule has 0 bridgehead atoms. The van der Waals surface area contributed by atoms with Crippen LogP contribution >= 0.6 is 35.6 Å². The van der Waals surface area contributed by atoms with Gasteiger partial charge in [-0.3, -0.25) is 9.69 Å². The number of hydrogen-bond acceptors (Lipinski definition) is 3. The number of para-hydroxylation sites is 1. The van der Waals surface area contributed by atoms with E-state index in [1.807, 2.05) is 54.6 Å². The third-order valence-electron chi connectivity index (χ3n) is 3.30. The maximum absolute atomic E-state index is 12.6. The maximum atomic E-state index is 12.6. The van der Waals surface area contributed by atoms with Crippen LogP contribution in [0.5, 0.6) is 0 Å². The van der Waals surface area contributed by atoms with Crippen LogP contribution in [0.1, 0.15) is 5.56 Å². The molecule has 0 spiro atoms. The first kappa shape index (κ1) is 14.6. The van der Waals surface area contributed by atoms with E-state index in [4.69, 9.17) is 23.8 Å². The monoisotopic (exact) mass is 333 g/mol. The normalized spacial score (nSPS) is 18.3. The fourth-order valence-corrected chi connectivity index (χ4v) is 4.03. The van der Waals surface area contributed by atoms with E-state index in [1.54, 1.807) is 4.90 Å². The van der Waals surface area contributed by atoms with Gasteiger partial charge in [-0.1, -0.05) is 72.0 Å². The van der Waals surface area contributed by atoms with Crippen LogP contribution in [0.15, 0.2) is 54.6 Å². The SMILES string of the molecule is O=C1[C@H](Cc2ccccc2Cl)SC(=S)N1c1ccccc1. The first-order valence-corrected chi connectivity index (χ1v) is 8.16. The number of rotatable bonds is 3. The topological polar surface area (TPSA) is 20.3 Å². The molecule has 0 unspecified atom stereocenters. The Kier molecular flexibility index (Phi) is 4.29. The summed E-state index contributed by atoms with van der Waals surface area (Å²) in [5, 5.41) is 0.479. The lowest BCUT2D eigenvalue weighted by atomic mass is 10.1. The van der Waals surface area contributed by atoms with E-state index in [-0.39, 0.29) is 11.2 Å². The highest BCUT2D eigenvalue weighted by Crippen LogP contribution is 2.34. The summed E-state index contributed by atoms with van der Waals surface area (Å²) in [5.41, 5.74) is 1.80. The molecule has 1 atom stereocenters. The molecular formula is C16H12ClNOS2. The molecule has 2 nitrogen and oxygen atoms in total. The fourth-order valence-electron chi connectivity index (χ4n) is 2.26. The van der Waals surface area contributed by atoms with Crippen LogP contribution in [0, 0.1) is 0 Å². The number of thiocarbonyl (C=S) groups is 1. The van der Waals surface area contributed by atoms with Crippen molar-refractivity contribution < 1.29 is 4.79 Å². The van der Waals surface area contributed by atoms with Gasteiger partial charge in [-0.25, -0.2) is 0 Å². The van der Waals surface area contributed by atoms with Crippen molar-refractivity contribution in [1.29, 1.82) is 0 Å². The summed E-state index contributed by atoms with van der Waals surface area (Å²) in [6, 6.07) is 17.1. The first-order chi connectivity index (χ1) is 10.2. The number of benzene rings is 2. The van der Waals surface area contributed by atoms with E-state index in [2.05, 4.69) is 0 Å². The van der Waals surface area contributed by atoms with E-state index in [0.717, 1.165) is 11.3 Å². The smallest absolute Gasteiger partial charge is 0.246 e. The van der Waals surface area contributed by atoms with Gasteiger partial charge in [0.2, 0.25) is 5.91 Å². The van der Waals surface area contributed by atoms with Crippen LogP contribution in [-0.4, -0.2) is 15.5 Å². The van der Waals surface area contributed by atoms with Gasteiger partial charge in [-0.05, 0) is 30.2 Å². The summed E-state index contributed by atoms with van der Waals surface area (Å²) in [5.74, 6) is 0.0242. The second-order valence-electron chi connectivity index (χ2n) is 4.68. The van der Waals surface area contributed by atoms with Gasteiger partial charge in [0, 0.05) is 5.02 Å². The van der Waals surface area contributed by atoms with Crippen molar-refractivity contribution in [3.8, 4) is 0 Å². The molecule has 0 N–H and O–H groups in total. The lowest BCUT2D eigenvalue weighted by Crippen LogP contribution is -2.31. The highest BCUT2D eigenvalue weighted by molar-refractivity contribution is 8.25. The Hall–Kier alpha value is -1.36. The van der Waals surface area contributed by atoms with Crippen LogP contribution in [-0.2, 0) is 11.2 Å². The van der Waals surface area contributed by atoms with Gasteiger partial charge in [0.1, 0.15) is 4.32 Å². The Morgan fingerprint density at radius 1 is 1.10 bits per heavy atom. The zero-order valence-electron chi connectivity index (χ0n) is 11.0. The minimum Gasteiger partial charge on any atom is -0.273 e. The minimum absolute atomic E-state index is 0.0242. The molecule has 0 aliphatic carbocycles. The summed E-state index contributed by atoms with van der Waals surface area (Å²) in [7, 11) is 0. The van der Waals surface area contributed by atoms with Crippen LogP contribution < -0.4 is 4.90 Å². The first-order valence-electron chi connectivity index (χ1n) is 6.50. The largest absolute Gasteiger partial charge is 0.273 e. The summed E-state index contributed by atoms with van der Waals surface area (Å²) >= 11 is 13.0. The number of nitrogens with zero attached hydrogens (tertiary/aromatic N) is 1. The Morgan fingerprint density at radius 2 is 1.76 bits per heavy atom. The molecule has 2 aromatic carbocycles. The van der Waals surface area contributed by atoms with Crippen LogP contribution in [0.4, 0.5) is 5.69 Å². The molecule has 1 heterocycles. The molecule has 0 radical (unpaired) electrons. The molecule has 1 fully saturated rings. The molecule has 1 amide bonds. The van der Waals surface area contributed by atoms with E-state index in [0.29, 0.717) is 15.8 Å². The highest BCUT2D eigenvalue weighted by atomic mass is 35.5. The third-order valence-corrected chi connectivity index (χ3v) is 5.18. The molecule has 0 saturated carbocycles. The van der Waals surface area contributed by atoms with Gasteiger partial charge >= 0.3 is 0 Å². The standard InChI is InChI=1S/C16H12ClNOS2/c17-13-9-5-4-6-11(13)10-14-15(19)18(16(20)21-14)12-7-2-1-3-8-12/h1-9,14H,10H2/t14-/m0/s1. The van der Waals surface area contributed by atoms with E-state index in [1.165, 1.54) is 11.8 Å². The van der Waals surface area contributed by atoms with Crippen molar-refractivity contribution in [2.45, 2.75) is 11.7 Å². The summed E-state index contributed by atoms with van der Waals surface area (Å²) in [4.78, 5) is 14.2. The highest BCUT2D eigenvalue weighted by Gasteiger charge is 2.37. The van der Waals surface area contributed by atoms with Crippen LogP contribution in [0.25, 0.3) is 0 Å². The quantitative estimate of drug-likeness (QED) is 0.780. The number of hydrogen-bond donors (Lipinski definition) is 0. The molecule has 1 aliphatic heterocycles. The number of anilines is 1. The zero-order valence-corrected chi connectivity index (χ0v) is 13.4. The summed E-state index contributed by atoms with van der Waals surface area (Å²) in [6.07, 6.45) is 0.590. The minimum atomic E-state index is -0.211. The van der Waals surface area contributed by atoms with Crippen molar-refractivity contribution in [2.24, 2.45) is 0 Å². The average molecular weight is 334 g/mol. The second kappa shape index (κ2) is 6.18. The molecule has 3 rings (SSSR count). The van der Waals surface area contributed by atoms with Crippen molar-refractivity contribution in [1.82, 2.24) is 0 Å². The number of carbonyl (C=O) groups is 1. The average Bonchev–Trinajstić information content (AvgIpc) is 2.77. The Morgan fingerprint density at radius 3 is 2.48 bits per heavy atom. The van der Waals surface area contributed by atoms with Crippen molar-refractivity contribution in [3.63, 3.8) is 0 Å². The number of halogens is 1. The Balaban J connectivity index is 1.83. The molecule has 21 heavy (non-hydrogen) atoms. The number of amides is 1. The lowest BCUT2D eigenvalue weighted by molar-refractivity contribution is -0.116. The third kappa shape index (κ3) is 2.98. The van der Waals surface area contributed by atoms with Gasteiger partial charge < -0.3 is 0 Å². The molecular weight excluding hydrogens is 322 g/mol. The molecule has 106 valence electrons. The lowest BCUT2D eigenvalue weighted by Gasteiger charge is -2.15. The Labute approximate surface area is 138 Å². The van der Waals surface area contributed by atoms with Crippen molar-refractivity contribution in [2.75, 3.05) is 4.90 Å². The fraction of sp³-hybridized carbons (Fsp3) is 0.125. The van der Waals surface area contributed by atoms with Gasteiger partial charge in [-0.2, -0.15) is 0 Å².